The molecule has 0 unspecified atom stereocenters. The molecule has 2 aromatic carbocycles. The maximum atomic E-state index is 6.26. The van der Waals surface area contributed by atoms with Gasteiger partial charge in [0, 0.05) is 10.6 Å². The summed E-state index contributed by atoms with van der Waals surface area (Å²) < 4.78 is 1.81. The number of hydrogen-bond acceptors (Lipinski definition) is 1. The third-order valence-electron chi connectivity index (χ3n) is 2.82. The lowest BCUT2D eigenvalue weighted by molar-refractivity contribution is 0.888. The van der Waals surface area contributed by atoms with E-state index in [1.807, 2.05) is 59.3 Å². The van der Waals surface area contributed by atoms with Crippen molar-refractivity contribution < 1.29 is 0 Å². The van der Waals surface area contributed by atoms with Gasteiger partial charge in [-0.15, -0.1) is 0 Å². The molecule has 0 amide bonds. The molecular weight excluding hydrogens is 279 g/mol. The van der Waals surface area contributed by atoms with E-state index in [1.165, 1.54) is 0 Å². The second-order valence-electron chi connectivity index (χ2n) is 4.10. The summed E-state index contributed by atoms with van der Waals surface area (Å²) in [6, 6.07) is 17.4. The Morgan fingerprint density at radius 2 is 1.68 bits per heavy atom. The van der Waals surface area contributed by atoms with Crippen molar-refractivity contribution in [3.05, 3.63) is 70.8 Å². The first-order valence-corrected chi connectivity index (χ1v) is 6.56. The lowest BCUT2D eigenvalue weighted by atomic mass is 10.1. The normalized spacial score (nSPS) is 10.6. The van der Waals surface area contributed by atoms with Gasteiger partial charge in [0.15, 0.2) is 0 Å². The minimum absolute atomic E-state index is 0.603. The van der Waals surface area contributed by atoms with E-state index in [0.29, 0.717) is 10.0 Å². The first-order valence-electron chi connectivity index (χ1n) is 5.80. The minimum Gasteiger partial charge on any atom is -0.232 e. The van der Waals surface area contributed by atoms with Crippen LogP contribution in [-0.2, 0) is 0 Å². The number of nitrogens with zero attached hydrogens (tertiary/aromatic N) is 2. The predicted molar refractivity (Wildman–Crippen MR) is 79.0 cm³/mol. The molecule has 0 N–H and O–H groups in total. The molecule has 0 spiro atoms. The third-order valence-corrected chi connectivity index (χ3v) is 3.34. The molecule has 3 aromatic rings. The number of para-hydroxylation sites is 1. The van der Waals surface area contributed by atoms with Crippen LogP contribution in [0.1, 0.15) is 0 Å². The van der Waals surface area contributed by atoms with Crippen molar-refractivity contribution in [2.24, 2.45) is 0 Å². The summed E-state index contributed by atoms with van der Waals surface area (Å²) in [4.78, 5) is 0. The van der Waals surface area contributed by atoms with Gasteiger partial charge in [0.05, 0.1) is 22.6 Å². The molecule has 0 atom stereocenters. The topological polar surface area (TPSA) is 17.8 Å². The summed E-state index contributed by atoms with van der Waals surface area (Å²) in [6.45, 7) is 0. The zero-order valence-electron chi connectivity index (χ0n) is 9.92. The average molecular weight is 289 g/mol. The number of hydrogen-bond donors (Lipinski definition) is 0. The van der Waals surface area contributed by atoms with Crippen molar-refractivity contribution >= 4 is 23.2 Å². The molecule has 19 heavy (non-hydrogen) atoms. The number of rotatable bonds is 2. The van der Waals surface area contributed by atoms with Crippen molar-refractivity contribution in [2.75, 3.05) is 0 Å². The first kappa shape index (κ1) is 12.3. The summed E-state index contributed by atoms with van der Waals surface area (Å²) in [6.07, 6.45) is 1.64. The van der Waals surface area contributed by atoms with Gasteiger partial charge in [0.25, 0.3) is 0 Å². The molecule has 0 radical (unpaired) electrons. The van der Waals surface area contributed by atoms with Crippen LogP contribution in [0.5, 0.6) is 0 Å². The molecule has 2 nitrogen and oxygen atoms in total. The lowest BCUT2D eigenvalue weighted by Crippen LogP contribution is -1.98. The van der Waals surface area contributed by atoms with Crippen LogP contribution in [0.4, 0.5) is 0 Å². The van der Waals surface area contributed by atoms with Gasteiger partial charge in [0.1, 0.15) is 0 Å². The second kappa shape index (κ2) is 5.08. The van der Waals surface area contributed by atoms with Crippen LogP contribution in [-0.4, -0.2) is 9.78 Å². The fourth-order valence-corrected chi connectivity index (χ4v) is 2.41. The van der Waals surface area contributed by atoms with E-state index in [-0.39, 0.29) is 0 Å². The highest BCUT2D eigenvalue weighted by Crippen LogP contribution is 2.31. The standard InChI is InChI=1S/C15H10Cl2N2/c16-12-6-4-5-11(9-12)15-14(17)10-18-19(15)13-7-2-1-3-8-13/h1-10H. The number of aromatic nitrogens is 2. The van der Waals surface area contributed by atoms with Gasteiger partial charge in [-0.25, -0.2) is 4.68 Å². The van der Waals surface area contributed by atoms with Gasteiger partial charge in [-0.2, -0.15) is 5.10 Å². The lowest BCUT2D eigenvalue weighted by Gasteiger charge is -2.08. The molecule has 0 bridgehead atoms. The van der Waals surface area contributed by atoms with Crippen molar-refractivity contribution in [1.82, 2.24) is 9.78 Å². The molecule has 94 valence electrons. The van der Waals surface area contributed by atoms with E-state index in [0.717, 1.165) is 16.9 Å². The van der Waals surface area contributed by atoms with Crippen molar-refractivity contribution in [3.8, 4) is 16.9 Å². The molecule has 1 heterocycles. The van der Waals surface area contributed by atoms with E-state index in [9.17, 15) is 0 Å². The molecule has 0 aliphatic heterocycles. The van der Waals surface area contributed by atoms with E-state index in [1.54, 1.807) is 6.20 Å². The largest absolute Gasteiger partial charge is 0.232 e. The molecule has 1 aromatic heterocycles. The Kier molecular flexibility index (Phi) is 3.28. The van der Waals surface area contributed by atoms with Gasteiger partial charge in [-0.1, -0.05) is 53.5 Å². The summed E-state index contributed by atoms with van der Waals surface area (Å²) in [5, 5.41) is 5.61. The smallest absolute Gasteiger partial charge is 0.0928 e. The number of benzene rings is 2. The molecule has 4 heteroatoms. The molecule has 0 saturated heterocycles. The Morgan fingerprint density at radius 3 is 2.42 bits per heavy atom. The molecular formula is C15H10Cl2N2. The van der Waals surface area contributed by atoms with Crippen LogP contribution in [0.25, 0.3) is 16.9 Å². The van der Waals surface area contributed by atoms with Crippen LogP contribution in [0.3, 0.4) is 0 Å². The van der Waals surface area contributed by atoms with Crippen LogP contribution < -0.4 is 0 Å². The van der Waals surface area contributed by atoms with Gasteiger partial charge in [-0.05, 0) is 24.3 Å². The zero-order chi connectivity index (χ0) is 13.2. The van der Waals surface area contributed by atoms with E-state index in [4.69, 9.17) is 23.2 Å². The summed E-state index contributed by atoms with van der Waals surface area (Å²) in [5.41, 5.74) is 2.75. The molecule has 0 saturated carbocycles. The van der Waals surface area contributed by atoms with Gasteiger partial charge in [0.2, 0.25) is 0 Å². The first-order chi connectivity index (χ1) is 9.25. The Labute approximate surface area is 121 Å². The highest BCUT2D eigenvalue weighted by Gasteiger charge is 2.13. The SMILES string of the molecule is Clc1cccc(-c2c(Cl)cnn2-c2ccccc2)c1. The highest BCUT2D eigenvalue weighted by atomic mass is 35.5. The van der Waals surface area contributed by atoms with E-state index >= 15 is 0 Å². The molecule has 0 aliphatic rings. The Balaban J connectivity index is 2.20. The minimum atomic E-state index is 0.603. The van der Waals surface area contributed by atoms with Crippen LogP contribution >= 0.6 is 23.2 Å². The molecule has 3 rings (SSSR count). The maximum Gasteiger partial charge on any atom is 0.0928 e. The monoisotopic (exact) mass is 288 g/mol. The Bertz CT molecular complexity index is 705. The maximum absolute atomic E-state index is 6.26. The average Bonchev–Trinajstić information content (AvgIpc) is 2.82. The molecule has 0 aliphatic carbocycles. The van der Waals surface area contributed by atoms with Gasteiger partial charge in [-0.3, -0.25) is 0 Å². The summed E-state index contributed by atoms with van der Waals surface area (Å²) >= 11 is 12.3. The fourth-order valence-electron chi connectivity index (χ4n) is 1.99. The Hall–Kier alpha value is -1.77. The van der Waals surface area contributed by atoms with Crippen molar-refractivity contribution in [3.63, 3.8) is 0 Å². The van der Waals surface area contributed by atoms with Crippen molar-refractivity contribution in [2.45, 2.75) is 0 Å². The summed E-state index contributed by atoms with van der Waals surface area (Å²) in [7, 11) is 0. The van der Waals surface area contributed by atoms with Gasteiger partial charge >= 0.3 is 0 Å². The fraction of sp³-hybridized carbons (Fsp3) is 0. The Morgan fingerprint density at radius 1 is 0.895 bits per heavy atom. The predicted octanol–water partition coefficient (Wildman–Crippen LogP) is 4.85. The van der Waals surface area contributed by atoms with E-state index in [2.05, 4.69) is 5.10 Å². The van der Waals surface area contributed by atoms with Gasteiger partial charge < -0.3 is 0 Å². The number of halogens is 2. The highest BCUT2D eigenvalue weighted by molar-refractivity contribution is 6.33. The molecule has 0 fully saturated rings. The van der Waals surface area contributed by atoms with Crippen LogP contribution in [0.15, 0.2) is 60.8 Å². The second-order valence-corrected chi connectivity index (χ2v) is 4.94. The van der Waals surface area contributed by atoms with Crippen molar-refractivity contribution in [1.29, 1.82) is 0 Å². The quantitative estimate of drug-likeness (QED) is 0.659. The third kappa shape index (κ3) is 2.37. The zero-order valence-corrected chi connectivity index (χ0v) is 11.4. The van der Waals surface area contributed by atoms with Crippen LogP contribution in [0.2, 0.25) is 10.0 Å². The van der Waals surface area contributed by atoms with E-state index < -0.39 is 0 Å². The summed E-state index contributed by atoms with van der Waals surface area (Å²) in [5.74, 6) is 0. The van der Waals surface area contributed by atoms with Crippen LogP contribution in [0, 0.1) is 0 Å².